The predicted octanol–water partition coefficient (Wildman–Crippen LogP) is 3.78. The first-order valence-electron chi connectivity index (χ1n) is 5.64. The zero-order valence-corrected chi connectivity index (χ0v) is 10.3. The van der Waals surface area contributed by atoms with Gasteiger partial charge in [-0.15, -0.1) is 0 Å². The molecule has 0 aliphatic carbocycles. The maximum Gasteiger partial charge on any atom is 0.419 e. The first kappa shape index (κ1) is 14.2. The van der Waals surface area contributed by atoms with Gasteiger partial charge in [-0.25, -0.2) is 4.39 Å². The molecule has 0 aliphatic rings. The van der Waals surface area contributed by atoms with Crippen molar-refractivity contribution in [2.75, 3.05) is 0 Å². The van der Waals surface area contributed by atoms with E-state index in [0.29, 0.717) is 17.7 Å². The molecule has 0 saturated heterocycles. The first-order valence-corrected chi connectivity index (χ1v) is 5.64. The van der Waals surface area contributed by atoms with Gasteiger partial charge in [-0.05, 0) is 36.8 Å². The monoisotopic (exact) mass is 283 g/mol. The van der Waals surface area contributed by atoms with Crippen molar-refractivity contribution in [1.82, 2.24) is 4.98 Å². The van der Waals surface area contributed by atoms with Gasteiger partial charge < -0.3 is 0 Å². The Kier molecular flexibility index (Phi) is 3.57. The summed E-state index contributed by atoms with van der Waals surface area (Å²) < 4.78 is 51.0. The Morgan fingerprint density at radius 2 is 1.90 bits per heavy atom. The molecule has 0 radical (unpaired) electrons. The van der Waals surface area contributed by atoms with Crippen LogP contribution in [0, 0.1) is 12.7 Å². The number of nitrogens with zero attached hydrogens (tertiary/aromatic N) is 1. The van der Waals surface area contributed by atoms with E-state index in [0.717, 1.165) is 6.07 Å². The highest BCUT2D eigenvalue weighted by Gasteiger charge is 2.34. The molecule has 0 fully saturated rings. The second-order valence-electron chi connectivity index (χ2n) is 4.19. The van der Waals surface area contributed by atoms with Crippen LogP contribution < -0.4 is 0 Å². The van der Waals surface area contributed by atoms with Gasteiger partial charge in [0.2, 0.25) is 5.78 Å². The fraction of sp³-hybridized carbons (Fsp3) is 0.143. The zero-order valence-electron chi connectivity index (χ0n) is 10.3. The van der Waals surface area contributed by atoms with Gasteiger partial charge in [0.05, 0.1) is 5.56 Å². The molecule has 1 heterocycles. The van der Waals surface area contributed by atoms with Gasteiger partial charge in [0.1, 0.15) is 11.5 Å². The number of pyridine rings is 1. The normalized spacial score (nSPS) is 11.4. The van der Waals surface area contributed by atoms with Crippen molar-refractivity contribution in [2.45, 2.75) is 13.1 Å². The first-order chi connectivity index (χ1) is 9.30. The molecule has 20 heavy (non-hydrogen) atoms. The number of aryl methyl sites for hydroxylation is 1. The van der Waals surface area contributed by atoms with Crippen molar-refractivity contribution in [3.63, 3.8) is 0 Å². The van der Waals surface area contributed by atoms with Crippen LogP contribution in [0.3, 0.4) is 0 Å². The van der Waals surface area contributed by atoms with Crippen molar-refractivity contribution >= 4 is 5.78 Å². The predicted molar refractivity (Wildman–Crippen MR) is 63.8 cm³/mol. The van der Waals surface area contributed by atoms with Gasteiger partial charge in [-0.2, -0.15) is 13.2 Å². The molecule has 1 aromatic heterocycles. The number of hydrogen-bond acceptors (Lipinski definition) is 2. The van der Waals surface area contributed by atoms with E-state index in [4.69, 9.17) is 0 Å². The maximum absolute atomic E-state index is 13.2. The Morgan fingerprint density at radius 3 is 2.50 bits per heavy atom. The number of carbonyl (C=O) groups is 1. The summed E-state index contributed by atoms with van der Waals surface area (Å²) >= 11 is 0. The minimum Gasteiger partial charge on any atom is -0.287 e. The highest BCUT2D eigenvalue weighted by Crippen LogP contribution is 2.32. The summed E-state index contributed by atoms with van der Waals surface area (Å²) in [6.45, 7) is 1.62. The van der Waals surface area contributed by atoms with E-state index >= 15 is 0 Å². The third-order valence-corrected chi connectivity index (χ3v) is 2.76. The van der Waals surface area contributed by atoms with Crippen LogP contribution >= 0.6 is 0 Å². The third kappa shape index (κ3) is 2.68. The standard InChI is InChI=1S/C14H9F4NO/c1-8-3-2-6-19-12(8)13(20)9-4-5-11(15)10(7-9)14(16,17)18/h2-7H,1H3. The van der Waals surface area contributed by atoms with Gasteiger partial charge in [-0.1, -0.05) is 6.07 Å². The van der Waals surface area contributed by atoms with E-state index in [-0.39, 0.29) is 11.3 Å². The summed E-state index contributed by atoms with van der Waals surface area (Å²) in [7, 11) is 0. The Bertz CT molecular complexity index is 664. The lowest BCUT2D eigenvalue weighted by Crippen LogP contribution is -2.12. The Hall–Kier alpha value is -2.24. The van der Waals surface area contributed by atoms with Gasteiger partial charge in [0.25, 0.3) is 0 Å². The van der Waals surface area contributed by atoms with Gasteiger partial charge in [-0.3, -0.25) is 9.78 Å². The molecule has 0 N–H and O–H groups in total. The number of alkyl halides is 3. The van der Waals surface area contributed by atoms with Crippen molar-refractivity contribution in [1.29, 1.82) is 0 Å². The largest absolute Gasteiger partial charge is 0.419 e. The van der Waals surface area contributed by atoms with E-state index in [1.165, 1.54) is 6.20 Å². The zero-order chi connectivity index (χ0) is 14.9. The summed E-state index contributed by atoms with van der Waals surface area (Å²) in [6.07, 6.45) is -3.48. The average Bonchev–Trinajstić information content (AvgIpc) is 2.37. The van der Waals surface area contributed by atoms with E-state index < -0.39 is 23.3 Å². The number of carbonyl (C=O) groups excluding carboxylic acids is 1. The van der Waals surface area contributed by atoms with Gasteiger partial charge in [0.15, 0.2) is 0 Å². The molecule has 0 atom stereocenters. The molecule has 2 rings (SSSR count). The molecule has 0 unspecified atom stereocenters. The molecule has 0 saturated carbocycles. The molecular weight excluding hydrogens is 274 g/mol. The van der Waals surface area contributed by atoms with Crippen LogP contribution in [0.5, 0.6) is 0 Å². The number of benzene rings is 1. The molecule has 0 spiro atoms. The van der Waals surface area contributed by atoms with Crippen molar-refractivity contribution in [3.05, 3.63) is 64.7 Å². The van der Waals surface area contributed by atoms with E-state index in [1.54, 1.807) is 19.1 Å². The molecular formula is C14H9F4NO. The number of hydrogen-bond donors (Lipinski definition) is 0. The second kappa shape index (κ2) is 5.03. The fourth-order valence-corrected chi connectivity index (χ4v) is 1.74. The van der Waals surface area contributed by atoms with Crippen LogP contribution in [0.1, 0.15) is 27.2 Å². The Morgan fingerprint density at radius 1 is 1.20 bits per heavy atom. The highest BCUT2D eigenvalue weighted by molar-refractivity contribution is 6.08. The van der Waals surface area contributed by atoms with Gasteiger partial charge >= 0.3 is 6.18 Å². The summed E-state index contributed by atoms with van der Waals surface area (Å²) in [6, 6.07) is 5.38. The number of aromatic nitrogens is 1. The van der Waals surface area contributed by atoms with E-state index in [9.17, 15) is 22.4 Å². The topological polar surface area (TPSA) is 30.0 Å². The van der Waals surface area contributed by atoms with E-state index in [2.05, 4.69) is 4.98 Å². The van der Waals surface area contributed by atoms with Crippen LogP contribution in [-0.2, 0) is 6.18 Å². The summed E-state index contributed by atoms with van der Waals surface area (Å²) in [5, 5.41) is 0. The van der Waals surface area contributed by atoms with Crippen LogP contribution in [0.2, 0.25) is 0 Å². The summed E-state index contributed by atoms with van der Waals surface area (Å²) in [4.78, 5) is 15.9. The number of halogens is 4. The van der Waals surface area contributed by atoms with E-state index in [1.807, 2.05) is 0 Å². The van der Waals surface area contributed by atoms with Crippen LogP contribution in [0.4, 0.5) is 17.6 Å². The number of rotatable bonds is 2. The molecule has 0 amide bonds. The second-order valence-corrected chi connectivity index (χ2v) is 4.19. The lowest BCUT2D eigenvalue weighted by molar-refractivity contribution is -0.140. The quantitative estimate of drug-likeness (QED) is 0.620. The molecule has 0 aliphatic heterocycles. The third-order valence-electron chi connectivity index (χ3n) is 2.76. The van der Waals surface area contributed by atoms with Crippen molar-refractivity contribution in [3.8, 4) is 0 Å². The maximum atomic E-state index is 13.2. The molecule has 1 aromatic carbocycles. The molecule has 2 nitrogen and oxygen atoms in total. The minimum atomic E-state index is -4.85. The molecule has 2 aromatic rings. The Balaban J connectivity index is 2.50. The van der Waals surface area contributed by atoms with Crippen LogP contribution in [-0.4, -0.2) is 10.8 Å². The summed E-state index contributed by atoms with van der Waals surface area (Å²) in [5.41, 5.74) is -1.12. The molecule has 104 valence electrons. The van der Waals surface area contributed by atoms with Crippen molar-refractivity contribution < 1.29 is 22.4 Å². The minimum absolute atomic E-state index is 0.0484. The molecule has 0 bridgehead atoms. The highest BCUT2D eigenvalue weighted by atomic mass is 19.4. The smallest absolute Gasteiger partial charge is 0.287 e. The summed E-state index contributed by atoms with van der Waals surface area (Å²) in [5.74, 6) is -2.08. The van der Waals surface area contributed by atoms with Crippen molar-refractivity contribution in [2.24, 2.45) is 0 Å². The number of ketones is 1. The molecule has 6 heteroatoms. The fourth-order valence-electron chi connectivity index (χ4n) is 1.74. The van der Waals surface area contributed by atoms with Gasteiger partial charge in [0, 0.05) is 11.8 Å². The van der Waals surface area contributed by atoms with Crippen LogP contribution in [0.25, 0.3) is 0 Å². The van der Waals surface area contributed by atoms with Crippen LogP contribution in [0.15, 0.2) is 36.5 Å². The average molecular weight is 283 g/mol. The lowest BCUT2D eigenvalue weighted by Gasteiger charge is -2.10. The lowest BCUT2D eigenvalue weighted by atomic mass is 10.0. The SMILES string of the molecule is Cc1cccnc1C(=O)c1ccc(F)c(C(F)(F)F)c1. The Labute approximate surface area is 112 Å².